The second-order valence-electron chi connectivity index (χ2n) is 4.67. The van der Waals surface area contributed by atoms with Gasteiger partial charge in [0.2, 0.25) is 0 Å². The fourth-order valence-electron chi connectivity index (χ4n) is 1.55. The lowest BCUT2D eigenvalue weighted by Crippen LogP contribution is -2.12. The van der Waals surface area contributed by atoms with Gasteiger partial charge >= 0.3 is 12.1 Å². The van der Waals surface area contributed by atoms with Crippen molar-refractivity contribution in [3.63, 3.8) is 0 Å². The van der Waals surface area contributed by atoms with Gasteiger partial charge in [-0.05, 0) is 30.5 Å². The van der Waals surface area contributed by atoms with E-state index in [2.05, 4.69) is 5.32 Å². The Bertz CT molecular complexity index is 456. The van der Waals surface area contributed by atoms with Crippen LogP contribution >= 0.6 is 0 Å². The number of hydrogen-bond donors (Lipinski definition) is 2. The van der Waals surface area contributed by atoms with Crippen LogP contribution in [-0.2, 0) is 6.18 Å². The van der Waals surface area contributed by atoms with Crippen LogP contribution in [0.1, 0.15) is 36.2 Å². The quantitative estimate of drug-likeness (QED) is 0.857. The van der Waals surface area contributed by atoms with Crippen molar-refractivity contribution in [3.05, 3.63) is 29.3 Å². The standard InChI is InChI=1S/C13H16F3NO2/c1-8(2)5-6-17-11-4-3-9(13(14,15)16)7-10(11)12(18)19/h3-4,7-8,17H,5-6H2,1-2H3,(H,18,19). The first-order valence-corrected chi connectivity index (χ1v) is 5.90. The fourth-order valence-corrected chi connectivity index (χ4v) is 1.55. The summed E-state index contributed by atoms with van der Waals surface area (Å²) in [6.07, 6.45) is -3.74. The summed E-state index contributed by atoms with van der Waals surface area (Å²) in [6.45, 7) is 4.53. The van der Waals surface area contributed by atoms with Gasteiger partial charge in [0.25, 0.3) is 0 Å². The molecule has 0 saturated carbocycles. The SMILES string of the molecule is CC(C)CCNc1ccc(C(F)(F)F)cc1C(=O)O. The minimum atomic E-state index is -4.54. The Hall–Kier alpha value is -1.72. The first kappa shape index (κ1) is 15.3. The van der Waals surface area contributed by atoms with E-state index in [1.807, 2.05) is 13.8 Å². The smallest absolute Gasteiger partial charge is 0.416 e. The third kappa shape index (κ3) is 4.46. The number of halogens is 3. The van der Waals surface area contributed by atoms with Gasteiger partial charge in [-0.1, -0.05) is 13.8 Å². The Balaban J connectivity index is 2.96. The van der Waals surface area contributed by atoms with Crippen molar-refractivity contribution in [2.45, 2.75) is 26.4 Å². The molecule has 0 atom stereocenters. The number of hydrogen-bond acceptors (Lipinski definition) is 2. The zero-order chi connectivity index (χ0) is 14.6. The lowest BCUT2D eigenvalue weighted by atomic mass is 10.1. The monoisotopic (exact) mass is 275 g/mol. The molecule has 0 aromatic heterocycles. The average Bonchev–Trinajstić information content (AvgIpc) is 2.27. The Morgan fingerprint density at radius 3 is 2.47 bits per heavy atom. The predicted octanol–water partition coefficient (Wildman–Crippen LogP) is 3.86. The zero-order valence-corrected chi connectivity index (χ0v) is 10.7. The third-order valence-corrected chi connectivity index (χ3v) is 2.61. The Morgan fingerprint density at radius 2 is 2.00 bits per heavy atom. The van der Waals surface area contributed by atoms with Gasteiger partial charge in [-0.25, -0.2) is 4.79 Å². The maximum atomic E-state index is 12.5. The first-order valence-electron chi connectivity index (χ1n) is 5.90. The average molecular weight is 275 g/mol. The molecule has 0 aliphatic rings. The summed E-state index contributed by atoms with van der Waals surface area (Å²) in [7, 11) is 0. The first-order chi connectivity index (χ1) is 8.71. The summed E-state index contributed by atoms with van der Waals surface area (Å²) < 4.78 is 37.5. The summed E-state index contributed by atoms with van der Waals surface area (Å²) in [4.78, 5) is 11.0. The molecule has 106 valence electrons. The van der Waals surface area contributed by atoms with Crippen molar-refractivity contribution in [1.82, 2.24) is 0 Å². The summed E-state index contributed by atoms with van der Waals surface area (Å²) in [5.41, 5.74) is -1.11. The molecule has 1 rings (SSSR count). The van der Waals surface area contributed by atoms with E-state index >= 15 is 0 Å². The molecule has 2 N–H and O–H groups in total. The van der Waals surface area contributed by atoms with Crippen LogP contribution in [0.3, 0.4) is 0 Å². The van der Waals surface area contributed by atoms with Gasteiger partial charge in [-0.3, -0.25) is 0 Å². The minimum Gasteiger partial charge on any atom is -0.478 e. The van der Waals surface area contributed by atoms with Gasteiger partial charge in [-0.15, -0.1) is 0 Å². The second kappa shape index (κ2) is 5.95. The van der Waals surface area contributed by atoms with E-state index in [9.17, 15) is 18.0 Å². The number of aromatic carboxylic acids is 1. The molecule has 3 nitrogen and oxygen atoms in total. The van der Waals surface area contributed by atoms with Crippen LogP contribution in [0.25, 0.3) is 0 Å². The van der Waals surface area contributed by atoms with Crippen molar-refractivity contribution in [1.29, 1.82) is 0 Å². The van der Waals surface area contributed by atoms with Crippen LogP contribution in [0.2, 0.25) is 0 Å². The van der Waals surface area contributed by atoms with Gasteiger partial charge in [0.05, 0.1) is 11.1 Å². The highest BCUT2D eigenvalue weighted by atomic mass is 19.4. The zero-order valence-electron chi connectivity index (χ0n) is 10.7. The molecule has 19 heavy (non-hydrogen) atoms. The molecule has 1 aromatic rings. The van der Waals surface area contributed by atoms with Crippen molar-refractivity contribution in [2.75, 3.05) is 11.9 Å². The highest BCUT2D eigenvalue weighted by molar-refractivity contribution is 5.94. The van der Waals surface area contributed by atoms with Crippen LogP contribution in [0.4, 0.5) is 18.9 Å². The molecule has 0 fully saturated rings. The number of anilines is 1. The molecule has 6 heteroatoms. The van der Waals surface area contributed by atoms with E-state index in [-0.39, 0.29) is 11.3 Å². The molecule has 0 spiro atoms. The van der Waals surface area contributed by atoms with Crippen LogP contribution in [0.15, 0.2) is 18.2 Å². The van der Waals surface area contributed by atoms with Crippen molar-refractivity contribution in [2.24, 2.45) is 5.92 Å². The molecule has 0 radical (unpaired) electrons. The summed E-state index contributed by atoms with van der Waals surface area (Å²) >= 11 is 0. The molecule has 0 heterocycles. The molecular formula is C13H16F3NO2. The lowest BCUT2D eigenvalue weighted by Gasteiger charge is -2.13. The highest BCUT2D eigenvalue weighted by Gasteiger charge is 2.31. The summed E-state index contributed by atoms with van der Waals surface area (Å²) in [6, 6.07) is 2.69. The third-order valence-electron chi connectivity index (χ3n) is 2.61. The molecule has 0 saturated heterocycles. The molecule has 0 aliphatic heterocycles. The van der Waals surface area contributed by atoms with Gasteiger partial charge in [0, 0.05) is 12.2 Å². The number of carboxylic acids is 1. The van der Waals surface area contributed by atoms with Gasteiger partial charge in [0.15, 0.2) is 0 Å². The van der Waals surface area contributed by atoms with Crippen LogP contribution < -0.4 is 5.32 Å². The topological polar surface area (TPSA) is 49.3 Å². The Labute approximate surface area is 109 Å². The molecule has 0 aliphatic carbocycles. The van der Waals surface area contributed by atoms with Gasteiger partial charge in [-0.2, -0.15) is 13.2 Å². The van der Waals surface area contributed by atoms with E-state index < -0.39 is 17.7 Å². The van der Waals surface area contributed by atoms with Crippen LogP contribution in [0.5, 0.6) is 0 Å². The molecule has 0 bridgehead atoms. The summed E-state index contributed by atoms with van der Waals surface area (Å²) in [5.74, 6) is -0.951. The Kier molecular flexibility index (Phi) is 4.80. The second-order valence-corrected chi connectivity index (χ2v) is 4.67. The van der Waals surface area contributed by atoms with Crippen molar-refractivity contribution >= 4 is 11.7 Å². The Morgan fingerprint density at radius 1 is 1.37 bits per heavy atom. The number of alkyl halides is 3. The van der Waals surface area contributed by atoms with E-state index in [4.69, 9.17) is 5.11 Å². The molecule has 1 aromatic carbocycles. The largest absolute Gasteiger partial charge is 0.478 e. The molecular weight excluding hydrogens is 259 g/mol. The normalized spacial score (nSPS) is 11.7. The van der Waals surface area contributed by atoms with E-state index in [1.54, 1.807) is 0 Å². The number of benzene rings is 1. The number of carboxylic acid groups (broad SMARTS) is 1. The fraction of sp³-hybridized carbons (Fsp3) is 0.462. The molecule has 0 amide bonds. The van der Waals surface area contributed by atoms with E-state index in [0.717, 1.165) is 18.6 Å². The molecule has 0 unspecified atom stereocenters. The van der Waals surface area contributed by atoms with Crippen molar-refractivity contribution < 1.29 is 23.1 Å². The number of carbonyl (C=O) groups is 1. The predicted molar refractivity (Wildman–Crippen MR) is 66.3 cm³/mol. The lowest BCUT2D eigenvalue weighted by molar-refractivity contribution is -0.137. The maximum absolute atomic E-state index is 12.5. The maximum Gasteiger partial charge on any atom is 0.416 e. The van der Waals surface area contributed by atoms with Gasteiger partial charge < -0.3 is 10.4 Å². The van der Waals surface area contributed by atoms with Crippen molar-refractivity contribution in [3.8, 4) is 0 Å². The highest BCUT2D eigenvalue weighted by Crippen LogP contribution is 2.31. The van der Waals surface area contributed by atoms with E-state index in [1.165, 1.54) is 0 Å². The van der Waals surface area contributed by atoms with Gasteiger partial charge in [0.1, 0.15) is 0 Å². The number of nitrogens with one attached hydrogen (secondary N) is 1. The minimum absolute atomic E-state index is 0.209. The van der Waals surface area contributed by atoms with E-state index in [0.29, 0.717) is 18.5 Å². The van der Waals surface area contributed by atoms with Crippen LogP contribution in [-0.4, -0.2) is 17.6 Å². The summed E-state index contributed by atoms with van der Waals surface area (Å²) in [5, 5.41) is 11.8. The number of rotatable bonds is 5. The van der Waals surface area contributed by atoms with Crippen LogP contribution in [0, 0.1) is 5.92 Å².